The fourth-order valence-corrected chi connectivity index (χ4v) is 6.07. The van der Waals surface area contributed by atoms with Crippen LogP contribution in [0.4, 0.5) is 24.5 Å². The van der Waals surface area contributed by atoms with Crippen molar-refractivity contribution < 1.29 is 26.3 Å². The van der Waals surface area contributed by atoms with Gasteiger partial charge in [0.15, 0.2) is 0 Å². The van der Waals surface area contributed by atoms with Crippen molar-refractivity contribution in [2.24, 2.45) is 0 Å². The lowest BCUT2D eigenvalue weighted by molar-refractivity contribution is -0.137. The van der Waals surface area contributed by atoms with Crippen LogP contribution in [0, 0.1) is 0 Å². The summed E-state index contributed by atoms with van der Waals surface area (Å²) >= 11 is 6.02. The molecule has 2 heterocycles. The van der Waals surface area contributed by atoms with E-state index < -0.39 is 21.8 Å². The van der Waals surface area contributed by atoms with E-state index in [9.17, 15) is 21.6 Å². The number of piperidine rings is 1. The third-order valence-corrected chi connectivity index (χ3v) is 7.61. The van der Waals surface area contributed by atoms with E-state index in [1.54, 1.807) is 0 Å². The number of ether oxygens (including phenoxy) is 1. The van der Waals surface area contributed by atoms with Crippen molar-refractivity contribution in [3.8, 4) is 5.75 Å². The number of nitrogens with zero attached hydrogens (tertiary/aromatic N) is 2. The van der Waals surface area contributed by atoms with Gasteiger partial charge in [0.1, 0.15) is 10.6 Å². The summed E-state index contributed by atoms with van der Waals surface area (Å²) in [6, 6.07) is 7.36. The molecule has 0 radical (unpaired) electrons. The number of hydrogen-bond acceptors (Lipinski definition) is 4. The van der Waals surface area contributed by atoms with Gasteiger partial charge in [0, 0.05) is 17.6 Å². The van der Waals surface area contributed by atoms with Gasteiger partial charge in [0.05, 0.1) is 30.6 Å². The van der Waals surface area contributed by atoms with E-state index in [0.29, 0.717) is 12.2 Å². The molecule has 1 fully saturated rings. The molecule has 0 aromatic heterocycles. The Labute approximate surface area is 178 Å². The van der Waals surface area contributed by atoms with Gasteiger partial charge in [0.25, 0.3) is 10.0 Å². The second kappa shape index (κ2) is 7.53. The van der Waals surface area contributed by atoms with Crippen molar-refractivity contribution in [1.82, 2.24) is 0 Å². The number of sulfonamides is 1. The molecule has 30 heavy (non-hydrogen) atoms. The molecule has 0 N–H and O–H groups in total. The summed E-state index contributed by atoms with van der Waals surface area (Å²) in [4.78, 5) is 1.84. The van der Waals surface area contributed by atoms with Gasteiger partial charge in [0.2, 0.25) is 0 Å². The van der Waals surface area contributed by atoms with E-state index in [1.807, 2.05) is 4.90 Å². The van der Waals surface area contributed by atoms with Gasteiger partial charge in [-0.15, -0.1) is 0 Å². The van der Waals surface area contributed by atoms with Gasteiger partial charge in [-0.3, -0.25) is 4.31 Å². The van der Waals surface area contributed by atoms with Crippen LogP contribution < -0.4 is 13.9 Å². The van der Waals surface area contributed by atoms with Gasteiger partial charge in [-0.2, -0.15) is 13.2 Å². The Bertz CT molecular complexity index is 1080. The van der Waals surface area contributed by atoms with Crippen molar-refractivity contribution in [1.29, 1.82) is 0 Å². The third kappa shape index (κ3) is 3.58. The summed E-state index contributed by atoms with van der Waals surface area (Å²) in [5.74, 6) is 0.0824. The Kier molecular flexibility index (Phi) is 5.30. The molecule has 1 unspecified atom stereocenters. The summed E-state index contributed by atoms with van der Waals surface area (Å²) < 4.78 is 73.6. The van der Waals surface area contributed by atoms with Gasteiger partial charge >= 0.3 is 6.18 Å². The van der Waals surface area contributed by atoms with Crippen LogP contribution in [0.3, 0.4) is 0 Å². The lowest BCUT2D eigenvalue weighted by Gasteiger charge is -2.46. The minimum Gasteiger partial charge on any atom is -0.495 e. The Morgan fingerprint density at radius 1 is 1.10 bits per heavy atom. The van der Waals surface area contributed by atoms with Crippen LogP contribution in [-0.2, 0) is 16.2 Å². The number of fused-ring (bicyclic) bond motifs is 3. The first-order valence-corrected chi connectivity index (χ1v) is 11.3. The van der Waals surface area contributed by atoms with Gasteiger partial charge in [-0.05, 0) is 55.7 Å². The SMILES string of the molecule is COc1ccc(Cl)cc1S(=O)(=O)N1CC2CCCCN2c2ccc(C(F)(F)F)cc21. The molecule has 2 aliphatic rings. The molecule has 5 nitrogen and oxygen atoms in total. The number of benzene rings is 2. The maximum Gasteiger partial charge on any atom is 0.416 e. The molecule has 4 rings (SSSR count). The monoisotopic (exact) mass is 460 g/mol. The molecule has 1 atom stereocenters. The Morgan fingerprint density at radius 2 is 1.87 bits per heavy atom. The Hall–Kier alpha value is -2.13. The number of rotatable bonds is 3. The van der Waals surface area contributed by atoms with Crippen LogP contribution >= 0.6 is 11.6 Å². The molecule has 0 saturated carbocycles. The van der Waals surface area contributed by atoms with E-state index in [0.717, 1.165) is 35.7 Å². The normalized spacial score (nSPS) is 19.3. The molecule has 2 aromatic carbocycles. The molecular weight excluding hydrogens is 441 g/mol. The predicted octanol–water partition coefficient (Wildman–Crippen LogP) is 4.94. The second-order valence-electron chi connectivity index (χ2n) is 7.38. The highest BCUT2D eigenvalue weighted by molar-refractivity contribution is 7.93. The maximum absolute atomic E-state index is 13.6. The van der Waals surface area contributed by atoms with Crippen molar-refractivity contribution in [3.63, 3.8) is 0 Å². The molecule has 162 valence electrons. The quantitative estimate of drug-likeness (QED) is 0.651. The van der Waals surface area contributed by atoms with Crippen LogP contribution in [0.15, 0.2) is 41.3 Å². The van der Waals surface area contributed by atoms with Crippen molar-refractivity contribution in [2.75, 3.05) is 29.4 Å². The molecule has 0 bridgehead atoms. The van der Waals surface area contributed by atoms with Crippen molar-refractivity contribution >= 4 is 33.0 Å². The molecule has 0 aliphatic carbocycles. The average molecular weight is 461 g/mol. The van der Waals surface area contributed by atoms with Crippen molar-refractivity contribution in [2.45, 2.75) is 36.4 Å². The van der Waals surface area contributed by atoms with E-state index >= 15 is 0 Å². The first-order valence-electron chi connectivity index (χ1n) is 9.47. The van der Waals surface area contributed by atoms with Crippen LogP contribution in [0.25, 0.3) is 0 Å². The largest absolute Gasteiger partial charge is 0.495 e. The first kappa shape index (κ1) is 21.1. The molecule has 2 aliphatic heterocycles. The summed E-state index contributed by atoms with van der Waals surface area (Å²) in [6.07, 6.45) is -1.98. The lowest BCUT2D eigenvalue weighted by atomic mass is 9.97. The maximum atomic E-state index is 13.6. The molecule has 0 amide bonds. The fourth-order valence-electron chi connectivity index (χ4n) is 4.14. The molecule has 1 saturated heterocycles. The van der Waals surface area contributed by atoms with E-state index in [4.69, 9.17) is 16.3 Å². The second-order valence-corrected chi connectivity index (χ2v) is 9.64. The number of anilines is 2. The minimum absolute atomic E-state index is 0.0185. The predicted molar refractivity (Wildman–Crippen MR) is 109 cm³/mol. The fraction of sp³-hybridized carbons (Fsp3) is 0.400. The average Bonchev–Trinajstić information content (AvgIpc) is 2.72. The zero-order valence-electron chi connectivity index (χ0n) is 16.1. The molecule has 10 heteroatoms. The van der Waals surface area contributed by atoms with Crippen LogP contribution in [-0.4, -0.2) is 34.7 Å². The smallest absolute Gasteiger partial charge is 0.416 e. The zero-order chi connectivity index (χ0) is 21.7. The van der Waals surface area contributed by atoms with Crippen LogP contribution in [0.5, 0.6) is 5.75 Å². The van der Waals surface area contributed by atoms with Gasteiger partial charge < -0.3 is 9.64 Å². The highest BCUT2D eigenvalue weighted by Crippen LogP contribution is 2.45. The van der Waals surface area contributed by atoms with Crippen LogP contribution in [0.2, 0.25) is 5.02 Å². The summed E-state index contributed by atoms with van der Waals surface area (Å²) in [7, 11) is -2.89. The van der Waals surface area contributed by atoms with E-state index in [2.05, 4.69) is 0 Å². The highest BCUT2D eigenvalue weighted by Gasteiger charge is 2.41. The molecule has 2 aromatic rings. The summed E-state index contributed by atoms with van der Waals surface area (Å²) in [6.45, 7) is 0.740. The number of alkyl halides is 3. The van der Waals surface area contributed by atoms with Crippen molar-refractivity contribution in [3.05, 3.63) is 47.0 Å². The standard InChI is InChI=1S/C20H20ClF3N2O3S/c1-29-18-8-6-14(21)11-19(18)30(27,28)26-12-15-4-2-3-9-25(15)16-7-5-13(10-17(16)26)20(22,23)24/h5-8,10-11,15H,2-4,9,12H2,1H3. The van der Waals surface area contributed by atoms with Gasteiger partial charge in [-0.1, -0.05) is 11.6 Å². The Balaban J connectivity index is 1.90. The number of halogens is 4. The Morgan fingerprint density at radius 3 is 2.57 bits per heavy atom. The zero-order valence-corrected chi connectivity index (χ0v) is 17.7. The summed E-state index contributed by atoms with van der Waals surface area (Å²) in [5.41, 5.74) is -0.386. The van der Waals surface area contributed by atoms with Gasteiger partial charge in [-0.25, -0.2) is 8.42 Å². The topological polar surface area (TPSA) is 49.9 Å². The van der Waals surface area contributed by atoms with E-state index in [-0.39, 0.29) is 33.9 Å². The number of methoxy groups -OCH3 is 1. The first-order chi connectivity index (χ1) is 14.1. The summed E-state index contributed by atoms with van der Waals surface area (Å²) in [5, 5.41) is 0.190. The van der Waals surface area contributed by atoms with Crippen LogP contribution in [0.1, 0.15) is 24.8 Å². The number of hydrogen-bond donors (Lipinski definition) is 0. The lowest BCUT2D eigenvalue weighted by Crippen LogP contribution is -2.53. The highest BCUT2D eigenvalue weighted by atomic mass is 35.5. The molecule has 0 spiro atoms. The van der Waals surface area contributed by atoms with E-state index in [1.165, 1.54) is 31.4 Å². The molecular formula is C20H20ClF3N2O3S. The minimum atomic E-state index is -4.59. The third-order valence-electron chi connectivity index (χ3n) is 5.58.